The lowest BCUT2D eigenvalue weighted by Crippen LogP contribution is -2.06. The molecule has 0 aliphatic heterocycles. The summed E-state index contributed by atoms with van der Waals surface area (Å²) < 4.78 is 35.7. The fourth-order valence-electron chi connectivity index (χ4n) is 1.23. The van der Waals surface area contributed by atoms with Gasteiger partial charge in [0.2, 0.25) is 0 Å². The monoisotopic (exact) mass is 308 g/mol. The van der Waals surface area contributed by atoms with Crippen molar-refractivity contribution in [3.8, 4) is 0 Å². The zero-order chi connectivity index (χ0) is 12.3. The second-order valence-electron chi connectivity index (χ2n) is 3.39. The molecule has 1 rings (SSSR count). The molecule has 0 bridgehead atoms. The van der Waals surface area contributed by atoms with Gasteiger partial charge in [-0.3, -0.25) is 4.79 Å². The van der Waals surface area contributed by atoms with Crippen LogP contribution in [0.2, 0.25) is 0 Å². The molecule has 0 aliphatic rings. The van der Waals surface area contributed by atoms with Gasteiger partial charge in [-0.2, -0.15) is 0 Å². The highest BCUT2D eigenvalue weighted by molar-refractivity contribution is 9.09. The van der Waals surface area contributed by atoms with Gasteiger partial charge in [-0.25, -0.2) is 12.8 Å². The molecule has 1 aromatic rings. The first-order chi connectivity index (χ1) is 7.34. The third kappa shape index (κ3) is 3.38. The number of alkyl halides is 1. The van der Waals surface area contributed by atoms with Crippen molar-refractivity contribution in [3.05, 3.63) is 29.6 Å². The van der Waals surface area contributed by atoms with Gasteiger partial charge in [-0.15, -0.1) is 0 Å². The van der Waals surface area contributed by atoms with Crippen LogP contribution in [0.15, 0.2) is 23.1 Å². The number of hydrogen-bond donors (Lipinski definition) is 0. The third-order valence-corrected chi connectivity index (χ3v) is 3.70. The maximum Gasteiger partial charge on any atom is 0.178 e. The summed E-state index contributed by atoms with van der Waals surface area (Å²) in [5.41, 5.74) is 0.467. The Morgan fingerprint density at radius 2 is 2.06 bits per heavy atom. The molecule has 0 heterocycles. The van der Waals surface area contributed by atoms with Crippen molar-refractivity contribution in [2.75, 3.05) is 11.6 Å². The van der Waals surface area contributed by atoms with Gasteiger partial charge in [-0.1, -0.05) is 22.0 Å². The van der Waals surface area contributed by atoms with Crippen LogP contribution in [0, 0.1) is 5.82 Å². The van der Waals surface area contributed by atoms with E-state index >= 15 is 0 Å². The fraction of sp³-hybridized carbons (Fsp3) is 0.300. The number of carbonyl (C=O) groups excluding carboxylic acids is 1. The average molecular weight is 309 g/mol. The number of halogens is 2. The number of Topliss-reactive ketones (excluding diaryl/α,β-unsaturated/α-hetero) is 1. The predicted octanol–water partition coefficient (Wildman–Crippen LogP) is 1.74. The highest BCUT2D eigenvalue weighted by Gasteiger charge is 2.14. The van der Waals surface area contributed by atoms with E-state index in [0.717, 1.165) is 12.3 Å². The molecule has 0 spiro atoms. The number of ketones is 1. The molecule has 0 N–H and O–H groups in total. The summed E-state index contributed by atoms with van der Waals surface area (Å²) in [7, 11) is -3.55. The Morgan fingerprint density at radius 1 is 1.44 bits per heavy atom. The van der Waals surface area contributed by atoms with E-state index in [1.165, 1.54) is 12.1 Å². The van der Waals surface area contributed by atoms with E-state index in [1.807, 2.05) is 0 Å². The molecule has 16 heavy (non-hydrogen) atoms. The summed E-state index contributed by atoms with van der Waals surface area (Å²) in [4.78, 5) is 10.7. The number of sulfone groups is 1. The molecule has 0 saturated heterocycles. The van der Waals surface area contributed by atoms with Gasteiger partial charge in [0.25, 0.3) is 0 Å². The lowest BCUT2D eigenvalue weighted by molar-refractivity contribution is -0.115. The third-order valence-electron chi connectivity index (χ3n) is 1.95. The van der Waals surface area contributed by atoms with Gasteiger partial charge in [0.1, 0.15) is 16.5 Å². The molecule has 3 nitrogen and oxygen atoms in total. The van der Waals surface area contributed by atoms with Crippen LogP contribution in [0.5, 0.6) is 0 Å². The van der Waals surface area contributed by atoms with Crippen molar-refractivity contribution >= 4 is 31.6 Å². The van der Waals surface area contributed by atoms with Gasteiger partial charge in [-0.05, 0) is 17.7 Å². The van der Waals surface area contributed by atoms with Crippen molar-refractivity contribution in [3.63, 3.8) is 0 Å². The van der Waals surface area contributed by atoms with Crippen LogP contribution in [0.4, 0.5) is 4.39 Å². The second-order valence-corrected chi connectivity index (χ2v) is 5.93. The summed E-state index contributed by atoms with van der Waals surface area (Å²) in [5.74, 6) is -0.908. The summed E-state index contributed by atoms with van der Waals surface area (Å²) in [6.45, 7) is 0. The lowest BCUT2D eigenvalue weighted by atomic mass is 10.1. The summed E-state index contributed by atoms with van der Waals surface area (Å²) in [6, 6.07) is 3.71. The largest absolute Gasteiger partial charge is 0.298 e. The topological polar surface area (TPSA) is 51.2 Å². The first kappa shape index (κ1) is 13.3. The summed E-state index contributed by atoms with van der Waals surface area (Å²) in [5, 5.41) is 0.197. The van der Waals surface area contributed by atoms with Gasteiger partial charge in [0.15, 0.2) is 9.84 Å². The minimum Gasteiger partial charge on any atom is -0.298 e. The Hall–Kier alpha value is -0.750. The van der Waals surface area contributed by atoms with Crippen LogP contribution in [-0.2, 0) is 21.1 Å². The van der Waals surface area contributed by atoms with E-state index in [1.54, 1.807) is 0 Å². The normalized spacial score (nSPS) is 11.4. The molecule has 0 aromatic heterocycles. The molecule has 0 aliphatic carbocycles. The molecule has 1 aromatic carbocycles. The van der Waals surface area contributed by atoms with Crippen molar-refractivity contribution in [2.24, 2.45) is 0 Å². The summed E-state index contributed by atoms with van der Waals surface area (Å²) in [6.07, 6.45) is 1.03. The van der Waals surface area contributed by atoms with E-state index in [-0.39, 0.29) is 22.4 Å². The smallest absolute Gasteiger partial charge is 0.178 e. The van der Waals surface area contributed by atoms with Crippen molar-refractivity contribution < 1.29 is 17.6 Å². The van der Waals surface area contributed by atoms with Gasteiger partial charge < -0.3 is 0 Å². The van der Waals surface area contributed by atoms with Crippen LogP contribution in [0.3, 0.4) is 0 Å². The molecule has 0 atom stereocenters. The Kier molecular flexibility index (Phi) is 4.21. The molecular weight excluding hydrogens is 299 g/mol. The Balaban J connectivity index is 3.05. The van der Waals surface area contributed by atoms with E-state index < -0.39 is 15.7 Å². The van der Waals surface area contributed by atoms with Crippen molar-refractivity contribution in [1.29, 1.82) is 0 Å². The highest BCUT2D eigenvalue weighted by Crippen LogP contribution is 2.16. The van der Waals surface area contributed by atoms with E-state index in [2.05, 4.69) is 15.9 Å². The minimum atomic E-state index is -3.55. The molecule has 88 valence electrons. The molecule has 0 saturated carbocycles. The summed E-state index contributed by atoms with van der Waals surface area (Å²) >= 11 is 3.00. The van der Waals surface area contributed by atoms with Gasteiger partial charge in [0, 0.05) is 12.7 Å². The number of rotatable bonds is 4. The van der Waals surface area contributed by atoms with E-state index in [4.69, 9.17) is 0 Å². The quantitative estimate of drug-likeness (QED) is 0.796. The van der Waals surface area contributed by atoms with Gasteiger partial charge >= 0.3 is 0 Å². The van der Waals surface area contributed by atoms with Crippen LogP contribution >= 0.6 is 15.9 Å². The number of benzene rings is 1. The maximum atomic E-state index is 13.4. The Bertz CT molecular complexity index is 511. The number of hydrogen-bond acceptors (Lipinski definition) is 3. The molecule has 6 heteroatoms. The predicted molar refractivity (Wildman–Crippen MR) is 62.0 cm³/mol. The SMILES string of the molecule is CS(=O)(=O)c1ccc(CC(=O)CBr)cc1F. The van der Waals surface area contributed by atoms with Crippen molar-refractivity contribution in [1.82, 2.24) is 0 Å². The van der Waals surface area contributed by atoms with E-state index in [9.17, 15) is 17.6 Å². The zero-order valence-corrected chi connectivity index (χ0v) is 10.9. The minimum absolute atomic E-state index is 0.0895. The Labute approximate surface area is 102 Å². The maximum absolute atomic E-state index is 13.4. The fourth-order valence-corrected chi connectivity index (χ4v) is 2.16. The molecule has 0 fully saturated rings. The molecule has 0 unspecified atom stereocenters. The lowest BCUT2D eigenvalue weighted by Gasteiger charge is -2.03. The molecule has 0 amide bonds. The second kappa shape index (κ2) is 5.05. The Morgan fingerprint density at radius 3 is 2.50 bits per heavy atom. The first-order valence-corrected chi connectivity index (χ1v) is 7.42. The standard InChI is InChI=1S/C10H10BrFO3S/c1-16(14,15)10-3-2-7(5-9(10)12)4-8(13)6-11/h2-3,5H,4,6H2,1H3. The van der Waals surface area contributed by atoms with Crippen molar-refractivity contribution in [2.45, 2.75) is 11.3 Å². The van der Waals surface area contributed by atoms with Crippen LogP contribution in [-0.4, -0.2) is 25.8 Å². The van der Waals surface area contributed by atoms with Crippen LogP contribution in [0.1, 0.15) is 5.56 Å². The van der Waals surface area contributed by atoms with Crippen LogP contribution < -0.4 is 0 Å². The van der Waals surface area contributed by atoms with Crippen LogP contribution in [0.25, 0.3) is 0 Å². The number of carbonyl (C=O) groups is 1. The van der Waals surface area contributed by atoms with E-state index in [0.29, 0.717) is 5.56 Å². The average Bonchev–Trinajstić information content (AvgIpc) is 2.15. The zero-order valence-electron chi connectivity index (χ0n) is 8.54. The van der Waals surface area contributed by atoms with Gasteiger partial charge in [0.05, 0.1) is 5.33 Å². The first-order valence-electron chi connectivity index (χ1n) is 4.40. The highest BCUT2D eigenvalue weighted by atomic mass is 79.9. The molecule has 0 radical (unpaired) electrons. The molecular formula is C10H10BrFO3S.